The number of carbonyl (C=O) groups excluding carboxylic acids is 2. The molecule has 2 aliphatic heterocycles. The topological polar surface area (TPSA) is 96.6 Å². The van der Waals surface area contributed by atoms with E-state index < -0.39 is 22.8 Å². The van der Waals surface area contributed by atoms with Crippen LogP contribution in [0.15, 0.2) is 70.4 Å². The summed E-state index contributed by atoms with van der Waals surface area (Å²) in [5.41, 5.74) is -0.759. The first-order valence-electron chi connectivity index (χ1n) is 11.6. The Kier molecular flexibility index (Phi) is 4.94. The molecule has 2 aliphatic rings. The highest BCUT2D eigenvalue weighted by atomic mass is 32.1. The Bertz CT molecular complexity index is 1640. The van der Waals surface area contributed by atoms with Crippen LogP contribution in [0.3, 0.4) is 0 Å². The minimum absolute atomic E-state index is 0.0100. The van der Waals surface area contributed by atoms with Crippen molar-refractivity contribution >= 4 is 44.9 Å². The van der Waals surface area contributed by atoms with Crippen molar-refractivity contribution in [1.29, 1.82) is 0 Å². The molecule has 8 nitrogen and oxygen atoms in total. The van der Waals surface area contributed by atoms with Gasteiger partial charge < -0.3 is 9.32 Å². The fourth-order valence-electron chi connectivity index (χ4n) is 5.19. The lowest BCUT2D eigenvalue weighted by Crippen LogP contribution is -2.53. The molecule has 2 aromatic heterocycles. The minimum Gasteiger partial charge on any atom is -0.450 e. The van der Waals surface area contributed by atoms with Crippen molar-refractivity contribution in [3.8, 4) is 0 Å². The molecule has 0 fully saturated rings. The Morgan fingerprint density at radius 2 is 1.83 bits per heavy atom. The monoisotopic (exact) mass is 498 g/mol. The molecule has 36 heavy (non-hydrogen) atoms. The molecular weight excluding hydrogens is 476 g/mol. The van der Waals surface area contributed by atoms with Crippen LogP contribution in [0.4, 0.5) is 10.8 Å². The predicted octanol–water partition coefficient (Wildman–Crippen LogP) is 4.28. The van der Waals surface area contributed by atoms with E-state index in [0.29, 0.717) is 29.0 Å². The SMILES string of the molecule is C=CCN1C(=O)C2(c3ccccc31)c1c(oc3ccccc3c1=O)C(=O)N2c1nnc(CC(C)C)s1. The van der Waals surface area contributed by atoms with Gasteiger partial charge in [-0.3, -0.25) is 19.3 Å². The van der Waals surface area contributed by atoms with Gasteiger partial charge >= 0.3 is 0 Å². The molecule has 0 N–H and O–H groups in total. The average molecular weight is 499 g/mol. The largest absolute Gasteiger partial charge is 0.450 e. The zero-order valence-electron chi connectivity index (χ0n) is 19.7. The third-order valence-corrected chi connectivity index (χ3v) is 7.50. The number of amides is 2. The van der Waals surface area contributed by atoms with E-state index in [1.165, 1.54) is 16.2 Å². The number of hydrogen-bond acceptors (Lipinski definition) is 7. The van der Waals surface area contributed by atoms with Crippen LogP contribution in [0.2, 0.25) is 0 Å². The summed E-state index contributed by atoms with van der Waals surface area (Å²) < 4.78 is 6.04. The van der Waals surface area contributed by atoms with Gasteiger partial charge in [0.15, 0.2) is 11.0 Å². The maximum absolute atomic E-state index is 14.4. The minimum atomic E-state index is -1.76. The molecule has 1 unspecified atom stereocenters. The molecule has 2 aromatic carbocycles. The van der Waals surface area contributed by atoms with Gasteiger partial charge in [-0.05, 0) is 24.1 Å². The summed E-state index contributed by atoms with van der Waals surface area (Å²) in [7, 11) is 0. The summed E-state index contributed by atoms with van der Waals surface area (Å²) in [6.45, 7) is 8.14. The second-order valence-electron chi connectivity index (χ2n) is 9.28. The zero-order valence-corrected chi connectivity index (χ0v) is 20.5. The third kappa shape index (κ3) is 2.83. The molecule has 1 spiro atoms. The van der Waals surface area contributed by atoms with E-state index in [2.05, 4.69) is 30.6 Å². The number of anilines is 2. The first kappa shape index (κ1) is 22.4. The fraction of sp³-hybridized carbons (Fsp3) is 0.222. The number of rotatable bonds is 5. The molecule has 1 atom stereocenters. The second-order valence-corrected chi connectivity index (χ2v) is 10.3. The van der Waals surface area contributed by atoms with Crippen molar-refractivity contribution in [2.24, 2.45) is 5.92 Å². The first-order valence-corrected chi connectivity index (χ1v) is 12.5. The summed E-state index contributed by atoms with van der Waals surface area (Å²) in [6.07, 6.45) is 2.29. The molecule has 4 heterocycles. The average Bonchev–Trinajstić information content (AvgIpc) is 3.49. The van der Waals surface area contributed by atoms with Crippen LogP contribution < -0.4 is 15.2 Å². The van der Waals surface area contributed by atoms with Gasteiger partial charge in [-0.15, -0.1) is 16.8 Å². The highest BCUT2D eigenvalue weighted by molar-refractivity contribution is 7.15. The van der Waals surface area contributed by atoms with Crippen molar-refractivity contribution in [3.05, 3.63) is 93.3 Å². The Labute approximate surface area is 210 Å². The first-order chi connectivity index (χ1) is 17.4. The molecule has 0 radical (unpaired) electrons. The number of para-hydroxylation sites is 2. The normalized spacial score (nSPS) is 18.5. The van der Waals surface area contributed by atoms with Crippen LogP contribution in [0.1, 0.15) is 40.5 Å². The molecule has 0 saturated heterocycles. The van der Waals surface area contributed by atoms with Gasteiger partial charge in [0.05, 0.1) is 16.6 Å². The Balaban J connectivity index is 1.71. The molecular formula is C27H22N4O4S. The number of fused-ring (bicyclic) bond motifs is 5. The van der Waals surface area contributed by atoms with Gasteiger partial charge in [0.2, 0.25) is 10.9 Å². The lowest BCUT2D eigenvalue weighted by atomic mass is 9.84. The highest BCUT2D eigenvalue weighted by Crippen LogP contribution is 2.54. The van der Waals surface area contributed by atoms with E-state index in [0.717, 1.165) is 5.01 Å². The molecule has 9 heteroatoms. The van der Waals surface area contributed by atoms with Gasteiger partial charge in [0.1, 0.15) is 10.6 Å². The number of benzene rings is 2. The van der Waals surface area contributed by atoms with E-state index >= 15 is 0 Å². The summed E-state index contributed by atoms with van der Waals surface area (Å²) >= 11 is 1.24. The smallest absolute Gasteiger partial charge is 0.297 e. The lowest BCUT2D eigenvalue weighted by molar-refractivity contribution is -0.121. The molecule has 0 saturated carbocycles. The second kappa shape index (κ2) is 7.96. The molecule has 0 aliphatic carbocycles. The maximum Gasteiger partial charge on any atom is 0.297 e. The van der Waals surface area contributed by atoms with Crippen molar-refractivity contribution in [2.75, 3.05) is 16.3 Å². The molecule has 6 rings (SSSR count). The predicted molar refractivity (Wildman–Crippen MR) is 138 cm³/mol. The molecule has 2 amide bonds. The van der Waals surface area contributed by atoms with Gasteiger partial charge in [-0.2, -0.15) is 0 Å². The number of hydrogen-bond donors (Lipinski definition) is 0. The van der Waals surface area contributed by atoms with Crippen LogP contribution >= 0.6 is 11.3 Å². The van der Waals surface area contributed by atoms with Gasteiger partial charge in [-0.1, -0.05) is 61.6 Å². The van der Waals surface area contributed by atoms with Crippen LogP contribution in [0.25, 0.3) is 11.0 Å². The van der Waals surface area contributed by atoms with Crippen LogP contribution in [-0.2, 0) is 16.8 Å². The highest BCUT2D eigenvalue weighted by Gasteiger charge is 2.66. The fourth-order valence-corrected chi connectivity index (χ4v) is 6.29. The Morgan fingerprint density at radius 3 is 2.61 bits per heavy atom. The summed E-state index contributed by atoms with van der Waals surface area (Å²) in [5, 5.41) is 9.90. The van der Waals surface area contributed by atoms with Crippen molar-refractivity contribution < 1.29 is 14.0 Å². The van der Waals surface area contributed by atoms with Crippen molar-refractivity contribution in [2.45, 2.75) is 25.8 Å². The van der Waals surface area contributed by atoms with Crippen LogP contribution in [-0.4, -0.2) is 28.6 Å². The van der Waals surface area contributed by atoms with E-state index in [1.807, 2.05) is 6.07 Å². The van der Waals surface area contributed by atoms with E-state index in [1.54, 1.807) is 53.4 Å². The lowest BCUT2D eigenvalue weighted by Gasteiger charge is -2.31. The van der Waals surface area contributed by atoms with Gasteiger partial charge in [-0.25, -0.2) is 0 Å². The van der Waals surface area contributed by atoms with E-state index in [-0.39, 0.29) is 28.6 Å². The Hall–Kier alpha value is -4.11. The molecule has 0 bridgehead atoms. The number of aromatic nitrogens is 2. The molecule has 4 aromatic rings. The Morgan fingerprint density at radius 1 is 1.08 bits per heavy atom. The van der Waals surface area contributed by atoms with Crippen molar-refractivity contribution in [3.63, 3.8) is 0 Å². The third-order valence-electron chi connectivity index (χ3n) is 6.57. The molecule has 180 valence electrons. The van der Waals surface area contributed by atoms with E-state index in [4.69, 9.17) is 4.42 Å². The summed E-state index contributed by atoms with van der Waals surface area (Å²) in [5.74, 6) is -0.845. The van der Waals surface area contributed by atoms with Crippen LogP contribution in [0, 0.1) is 5.92 Å². The summed E-state index contributed by atoms with van der Waals surface area (Å²) in [6, 6.07) is 13.9. The quantitative estimate of drug-likeness (QED) is 0.381. The standard InChI is InChI=1S/C27H22N4O4S/c1-4-13-30-18-11-7-6-10-17(18)27(25(30)34)21-22(32)16-9-5-8-12-19(16)35-23(21)24(33)31(27)26-29-28-20(36-26)14-15(2)3/h4-12,15H,1,13-14H2,2-3H3. The van der Waals surface area contributed by atoms with Crippen LogP contribution in [0.5, 0.6) is 0 Å². The van der Waals surface area contributed by atoms with E-state index in [9.17, 15) is 14.4 Å². The zero-order chi connectivity index (χ0) is 25.2. The van der Waals surface area contributed by atoms with Crippen molar-refractivity contribution in [1.82, 2.24) is 10.2 Å². The van der Waals surface area contributed by atoms with Gasteiger partial charge in [0, 0.05) is 18.5 Å². The van der Waals surface area contributed by atoms with Gasteiger partial charge in [0.25, 0.3) is 11.8 Å². The summed E-state index contributed by atoms with van der Waals surface area (Å²) in [4.78, 5) is 45.3. The number of carbonyl (C=O) groups is 2. The number of nitrogens with zero attached hydrogens (tertiary/aromatic N) is 4. The maximum atomic E-state index is 14.4.